The summed E-state index contributed by atoms with van der Waals surface area (Å²) >= 11 is 1.50. The molecule has 1 N–H and O–H groups in total. The van der Waals surface area contributed by atoms with E-state index in [1.807, 2.05) is 18.2 Å². The van der Waals surface area contributed by atoms with Crippen molar-refractivity contribution in [2.24, 2.45) is 0 Å². The van der Waals surface area contributed by atoms with Crippen LogP contribution in [-0.4, -0.2) is 26.3 Å². The minimum Gasteiger partial charge on any atom is -0.321 e. The molecular weight excluding hydrogens is 356 g/mol. The van der Waals surface area contributed by atoms with Crippen LogP contribution in [0.5, 0.6) is 0 Å². The fourth-order valence-corrected chi connectivity index (χ4v) is 3.85. The van der Waals surface area contributed by atoms with Crippen molar-refractivity contribution < 1.29 is 13.2 Å². The lowest BCUT2D eigenvalue weighted by molar-refractivity contribution is 0.102. The molecule has 2 aromatic rings. The van der Waals surface area contributed by atoms with Crippen LogP contribution in [0.1, 0.15) is 22.3 Å². The SMILES string of the molecule is CS(=O)(=O)Cc1cccc(C(=O)Nc2ccccc2SCCC#N)c1. The molecule has 0 aromatic heterocycles. The van der Waals surface area contributed by atoms with Gasteiger partial charge in [-0.2, -0.15) is 5.26 Å². The molecule has 0 spiro atoms. The molecule has 25 heavy (non-hydrogen) atoms. The summed E-state index contributed by atoms with van der Waals surface area (Å²) in [5.74, 6) is 0.241. The number of benzene rings is 2. The molecule has 0 heterocycles. The number of rotatable bonds is 7. The third-order valence-corrected chi connectivity index (χ3v) is 5.16. The number of hydrogen-bond donors (Lipinski definition) is 1. The molecule has 0 unspecified atom stereocenters. The molecule has 0 aliphatic carbocycles. The van der Waals surface area contributed by atoms with E-state index in [9.17, 15) is 13.2 Å². The topological polar surface area (TPSA) is 87.0 Å². The number of thioether (sulfide) groups is 1. The van der Waals surface area contributed by atoms with Crippen LogP contribution in [0.2, 0.25) is 0 Å². The summed E-state index contributed by atoms with van der Waals surface area (Å²) in [5.41, 5.74) is 1.65. The van der Waals surface area contributed by atoms with Gasteiger partial charge < -0.3 is 5.32 Å². The van der Waals surface area contributed by atoms with Gasteiger partial charge in [-0.1, -0.05) is 24.3 Å². The van der Waals surface area contributed by atoms with Crippen LogP contribution in [0.4, 0.5) is 5.69 Å². The number of amides is 1. The van der Waals surface area contributed by atoms with E-state index < -0.39 is 9.84 Å². The zero-order chi connectivity index (χ0) is 18.3. The predicted molar refractivity (Wildman–Crippen MR) is 100 cm³/mol. The quantitative estimate of drug-likeness (QED) is 0.592. The van der Waals surface area contributed by atoms with Gasteiger partial charge in [0, 0.05) is 28.9 Å². The van der Waals surface area contributed by atoms with Gasteiger partial charge in [0.15, 0.2) is 9.84 Å². The van der Waals surface area contributed by atoms with Crippen LogP contribution >= 0.6 is 11.8 Å². The van der Waals surface area contributed by atoms with Crippen LogP contribution in [0, 0.1) is 11.3 Å². The number of carbonyl (C=O) groups excluding carboxylic acids is 1. The number of nitriles is 1. The molecule has 0 saturated carbocycles. The number of hydrogen-bond acceptors (Lipinski definition) is 5. The van der Waals surface area contributed by atoms with Crippen LogP contribution < -0.4 is 5.32 Å². The maximum Gasteiger partial charge on any atom is 0.255 e. The summed E-state index contributed by atoms with van der Waals surface area (Å²) in [6.45, 7) is 0. The van der Waals surface area contributed by atoms with E-state index in [1.54, 1.807) is 30.3 Å². The summed E-state index contributed by atoms with van der Waals surface area (Å²) in [5, 5.41) is 11.5. The molecular formula is C18H18N2O3S2. The number of nitrogens with zero attached hydrogens (tertiary/aromatic N) is 1. The van der Waals surface area contributed by atoms with E-state index in [0.717, 1.165) is 11.2 Å². The lowest BCUT2D eigenvalue weighted by atomic mass is 10.1. The van der Waals surface area contributed by atoms with Gasteiger partial charge in [-0.3, -0.25) is 4.79 Å². The minimum absolute atomic E-state index is 0.102. The van der Waals surface area contributed by atoms with Crippen molar-refractivity contribution in [1.82, 2.24) is 0 Å². The molecule has 2 aromatic carbocycles. The van der Waals surface area contributed by atoms with Crippen LogP contribution in [0.15, 0.2) is 53.4 Å². The number of carbonyl (C=O) groups is 1. The summed E-state index contributed by atoms with van der Waals surface area (Å²) in [4.78, 5) is 13.4. The molecule has 0 aliphatic heterocycles. The maximum atomic E-state index is 12.5. The third-order valence-electron chi connectivity index (χ3n) is 3.22. The van der Waals surface area contributed by atoms with Crippen molar-refractivity contribution >= 4 is 33.2 Å². The second kappa shape index (κ2) is 8.70. The highest BCUT2D eigenvalue weighted by Gasteiger charge is 2.11. The Labute approximate surface area is 152 Å². The Bertz CT molecular complexity index is 903. The minimum atomic E-state index is -3.16. The fraction of sp³-hybridized carbons (Fsp3) is 0.222. The van der Waals surface area contributed by atoms with E-state index in [2.05, 4.69) is 11.4 Å². The highest BCUT2D eigenvalue weighted by molar-refractivity contribution is 7.99. The van der Waals surface area contributed by atoms with E-state index in [0.29, 0.717) is 29.0 Å². The van der Waals surface area contributed by atoms with Gasteiger partial charge in [0.1, 0.15) is 0 Å². The number of para-hydroxylation sites is 1. The molecule has 0 saturated heterocycles. The first-order valence-corrected chi connectivity index (χ1v) is 10.6. The van der Waals surface area contributed by atoms with Gasteiger partial charge in [-0.15, -0.1) is 11.8 Å². The molecule has 2 rings (SSSR count). The second-order valence-electron chi connectivity index (χ2n) is 5.48. The zero-order valence-electron chi connectivity index (χ0n) is 13.7. The van der Waals surface area contributed by atoms with E-state index in [1.165, 1.54) is 11.8 Å². The maximum absolute atomic E-state index is 12.5. The summed E-state index contributed by atoms with van der Waals surface area (Å²) < 4.78 is 22.8. The molecule has 0 bridgehead atoms. The van der Waals surface area contributed by atoms with Crippen molar-refractivity contribution in [2.45, 2.75) is 17.1 Å². The molecule has 130 valence electrons. The average Bonchev–Trinajstić information content (AvgIpc) is 2.55. The Hall–Kier alpha value is -2.30. The molecule has 7 heteroatoms. The summed E-state index contributed by atoms with van der Waals surface area (Å²) in [6.07, 6.45) is 1.59. The van der Waals surface area contributed by atoms with E-state index in [-0.39, 0.29) is 11.7 Å². The fourth-order valence-electron chi connectivity index (χ4n) is 2.20. The van der Waals surface area contributed by atoms with Gasteiger partial charge in [0.05, 0.1) is 17.5 Å². The molecule has 0 radical (unpaired) electrons. The predicted octanol–water partition coefficient (Wildman–Crippen LogP) is 3.49. The zero-order valence-corrected chi connectivity index (χ0v) is 15.4. The molecule has 0 aliphatic rings. The Morgan fingerprint density at radius 3 is 2.68 bits per heavy atom. The lowest BCUT2D eigenvalue weighted by Gasteiger charge is -2.11. The normalized spacial score (nSPS) is 10.9. The smallest absolute Gasteiger partial charge is 0.255 e. The van der Waals surface area contributed by atoms with Gasteiger partial charge in [-0.05, 0) is 29.8 Å². The molecule has 0 fully saturated rings. The van der Waals surface area contributed by atoms with Crippen LogP contribution in [0.25, 0.3) is 0 Å². The molecule has 0 atom stereocenters. The standard InChI is InChI=1S/C18H18N2O3S2/c1-25(22,23)13-14-6-4-7-15(12-14)18(21)20-16-8-2-3-9-17(16)24-11-5-10-19/h2-4,6-9,12H,5,11,13H2,1H3,(H,20,21). The first-order chi connectivity index (χ1) is 11.9. The Morgan fingerprint density at radius 2 is 1.96 bits per heavy atom. The Balaban J connectivity index is 2.15. The second-order valence-corrected chi connectivity index (χ2v) is 8.75. The largest absolute Gasteiger partial charge is 0.321 e. The summed E-state index contributed by atoms with van der Waals surface area (Å²) in [6, 6.07) is 16.1. The van der Waals surface area contributed by atoms with Crippen molar-refractivity contribution in [3.05, 3.63) is 59.7 Å². The van der Waals surface area contributed by atoms with Gasteiger partial charge in [-0.25, -0.2) is 8.42 Å². The van der Waals surface area contributed by atoms with Crippen molar-refractivity contribution in [3.8, 4) is 6.07 Å². The van der Waals surface area contributed by atoms with Gasteiger partial charge in [0.2, 0.25) is 0 Å². The monoisotopic (exact) mass is 374 g/mol. The number of nitrogens with one attached hydrogen (secondary N) is 1. The summed E-state index contributed by atoms with van der Waals surface area (Å²) in [7, 11) is -3.16. The van der Waals surface area contributed by atoms with Crippen molar-refractivity contribution in [3.63, 3.8) is 0 Å². The third kappa shape index (κ3) is 6.25. The van der Waals surface area contributed by atoms with E-state index >= 15 is 0 Å². The van der Waals surface area contributed by atoms with Crippen LogP contribution in [0.3, 0.4) is 0 Å². The van der Waals surface area contributed by atoms with Crippen molar-refractivity contribution in [1.29, 1.82) is 5.26 Å². The average molecular weight is 374 g/mol. The molecule has 1 amide bonds. The number of sulfone groups is 1. The van der Waals surface area contributed by atoms with E-state index in [4.69, 9.17) is 5.26 Å². The number of anilines is 1. The lowest BCUT2D eigenvalue weighted by Crippen LogP contribution is -2.13. The van der Waals surface area contributed by atoms with Crippen molar-refractivity contribution in [2.75, 3.05) is 17.3 Å². The van der Waals surface area contributed by atoms with Crippen LogP contribution in [-0.2, 0) is 15.6 Å². The van der Waals surface area contributed by atoms with Gasteiger partial charge >= 0.3 is 0 Å². The highest BCUT2D eigenvalue weighted by Crippen LogP contribution is 2.27. The Morgan fingerprint density at radius 1 is 1.20 bits per heavy atom. The highest BCUT2D eigenvalue weighted by atomic mass is 32.2. The molecule has 5 nitrogen and oxygen atoms in total. The van der Waals surface area contributed by atoms with Gasteiger partial charge in [0.25, 0.3) is 5.91 Å². The Kier molecular flexibility index (Phi) is 6.62. The first-order valence-electron chi connectivity index (χ1n) is 7.56. The first kappa shape index (κ1) is 19.0.